The largest absolute Gasteiger partial charge is 0.359 e. The molecule has 8 nitrogen and oxygen atoms in total. The van der Waals surface area contributed by atoms with Gasteiger partial charge in [0.2, 0.25) is 5.91 Å². The monoisotopic (exact) mass is 413 g/mol. The summed E-state index contributed by atoms with van der Waals surface area (Å²) in [6, 6.07) is 10.4. The highest BCUT2D eigenvalue weighted by Crippen LogP contribution is 2.21. The van der Waals surface area contributed by atoms with E-state index in [-0.39, 0.29) is 19.3 Å². The van der Waals surface area contributed by atoms with E-state index in [4.69, 9.17) is 14.7 Å². The van der Waals surface area contributed by atoms with Gasteiger partial charge in [-0.2, -0.15) is 0 Å². The third-order valence-corrected chi connectivity index (χ3v) is 4.58. The quantitative estimate of drug-likeness (QED) is 0.226. The van der Waals surface area contributed by atoms with Crippen LogP contribution in [-0.4, -0.2) is 48.6 Å². The molecule has 0 saturated heterocycles. The molecule has 0 aliphatic carbocycles. The van der Waals surface area contributed by atoms with Crippen LogP contribution in [0.5, 0.6) is 0 Å². The Morgan fingerprint density at radius 1 is 1.10 bits per heavy atom. The fourth-order valence-electron chi connectivity index (χ4n) is 2.90. The van der Waals surface area contributed by atoms with Crippen molar-refractivity contribution in [2.75, 3.05) is 20.5 Å². The molecular weight excluding hydrogens is 386 g/mol. The molecule has 0 spiro atoms. The number of hydroxylamine groups is 1. The number of methoxy groups -OCH3 is 1. The molecule has 2 atom stereocenters. The zero-order valence-electron chi connectivity index (χ0n) is 17.1. The van der Waals surface area contributed by atoms with Gasteiger partial charge in [-0.3, -0.25) is 19.8 Å². The van der Waals surface area contributed by atoms with Crippen LogP contribution in [0.4, 0.5) is 0 Å². The van der Waals surface area contributed by atoms with E-state index in [0.29, 0.717) is 12.0 Å². The van der Waals surface area contributed by atoms with Crippen LogP contribution in [0, 0.1) is 5.92 Å². The fourth-order valence-corrected chi connectivity index (χ4v) is 2.90. The second kappa shape index (κ2) is 11.8. The van der Waals surface area contributed by atoms with Crippen molar-refractivity contribution in [2.45, 2.75) is 19.4 Å². The zero-order valence-corrected chi connectivity index (χ0v) is 17.1. The standard InChI is InChI=1S/C22H27N3O5/c1-15(21(26)25-28)12-20(13-30-14-29-3)24-22(27)19-6-4-17(5-7-19)16(2)18-8-10-23-11-9-18/h4-11,15,20,28H,2,12-14H2,1,3H3,(H,24,27)(H,25,26). The van der Waals surface area contributed by atoms with Gasteiger partial charge in [0.25, 0.3) is 5.91 Å². The van der Waals surface area contributed by atoms with Gasteiger partial charge in [-0.05, 0) is 47.4 Å². The number of carbonyl (C=O) groups is 2. The Labute approximate surface area is 175 Å². The highest BCUT2D eigenvalue weighted by atomic mass is 16.7. The van der Waals surface area contributed by atoms with Gasteiger partial charge in [0.05, 0.1) is 12.6 Å². The fraction of sp³-hybridized carbons (Fsp3) is 0.318. The third-order valence-electron chi connectivity index (χ3n) is 4.58. The molecule has 30 heavy (non-hydrogen) atoms. The van der Waals surface area contributed by atoms with Gasteiger partial charge in [-0.15, -0.1) is 0 Å². The van der Waals surface area contributed by atoms with E-state index in [1.165, 1.54) is 7.11 Å². The maximum absolute atomic E-state index is 12.7. The number of rotatable bonds is 11. The van der Waals surface area contributed by atoms with E-state index in [2.05, 4.69) is 16.9 Å². The van der Waals surface area contributed by atoms with Crippen molar-refractivity contribution in [3.63, 3.8) is 0 Å². The molecule has 0 fully saturated rings. The molecule has 1 heterocycles. The summed E-state index contributed by atoms with van der Waals surface area (Å²) in [5, 5.41) is 11.7. The maximum Gasteiger partial charge on any atom is 0.251 e. The number of pyridine rings is 1. The first-order valence-electron chi connectivity index (χ1n) is 9.47. The van der Waals surface area contributed by atoms with Crippen LogP contribution in [0.1, 0.15) is 34.8 Å². The number of ether oxygens (including phenoxy) is 2. The second-order valence-corrected chi connectivity index (χ2v) is 6.85. The molecule has 2 unspecified atom stereocenters. The van der Waals surface area contributed by atoms with Crippen LogP contribution in [0.3, 0.4) is 0 Å². The minimum Gasteiger partial charge on any atom is -0.359 e. The van der Waals surface area contributed by atoms with Gasteiger partial charge in [0.1, 0.15) is 6.79 Å². The Morgan fingerprint density at radius 2 is 1.70 bits per heavy atom. The summed E-state index contributed by atoms with van der Waals surface area (Å²) in [7, 11) is 1.50. The first-order valence-corrected chi connectivity index (χ1v) is 9.47. The van der Waals surface area contributed by atoms with Crippen LogP contribution in [0.15, 0.2) is 55.4 Å². The van der Waals surface area contributed by atoms with Gasteiger partial charge >= 0.3 is 0 Å². The van der Waals surface area contributed by atoms with Crippen molar-refractivity contribution in [1.29, 1.82) is 0 Å². The lowest BCUT2D eigenvalue weighted by atomic mass is 9.99. The number of aromatic nitrogens is 1. The van der Waals surface area contributed by atoms with Crippen molar-refractivity contribution in [3.05, 3.63) is 72.1 Å². The molecule has 0 bridgehead atoms. The highest BCUT2D eigenvalue weighted by molar-refractivity contribution is 5.95. The SMILES string of the molecule is C=C(c1ccncc1)c1ccc(C(=O)NC(COCOC)CC(C)C(=O)NO)cc1. The van der Waals surface area contributed by atoms with Gasteiger partial charge in [-0.25, -0.2) is 5.48 Å². The summed E-state index contributed by atoms with van der Waals surface area (Å²) in [5.41, 5.74) is 4.77. The summed E-state index contributed by atoms with van der Waals surface area (Å²) in [4.78, 5) is 28.3. The second-order valence-electron chi connectivity index (χ2n) is 6.85. The number of hydrogen-bond acceptors (Lipinski definition) is 6. The normalized spacial score (nSPS) is 12.6. The Balaban J connectivity index is 2.04. The molecule has 160 valence electrons. The Kier molecular flexibility index (Phi) is 9.14. The predicted octanol–water partition coefficient (Wildman–Crippen LogP) is 2.39. The van der Waals surface area contributed by atoms with Crippen molar-refractivity contribution >= 4 is 17.4 Å². The van der Waals surface area contributed by atoms with Crippen molar-refractivity contribution < 1.29 is 24.3 Å². The topological polar surface area (TPSA) is 110 Å². The van der Waals surface area contributed by atoms with E-state index in [1.54, 1.807) is 36.9 Å². The first kappa shape index (κ1) is 23.2. The minimum atomic E-state index is -0.528. The molecule has 0 radical (unpaired) electrons. The van der Waals surface area contributed by atoms with Gasteiger partial charge in [0.15, 0.2) is 0 Å². The molecule has 0 aliphatic heterocycles. The van der Waals surface area contributed by atoms with Crippen LogP contribution >= 0.6 is 0 Å². The highest BCUT2D eigenvalue weighted by Gasteiger charge is 2.21. The number of nitrogens with zero attached hydrogens (tertiary/aromatic N) is 1. The number of hydrogen-bond donors (Lipinski definition) is 3. The van der Waals surface area contributed by atoms with Crippen molar-refractivity contribution in [3.8, 4) is 0 Å². The van der Waals surface area contributed by atoms with Crippen LogP contribution in [0.25, 0.3) is 5.57 Å². The van der Waals surface area contributed by atoms with Gasteiger partial charge in [0, 0.05) is 31.0 Å². The van der Waals surface area contributed by atoms with E-state index < -0.39 is 17.9 Å². The summed E-state index contributed by atoms with van der Waals surface area (Å²) in [6.07, 6.45) is 3.69. The Hall–Kier alpha value is -3.07. The van der Waals surface area contributed by atoms with Gasteiger partial charge < -0.3 is 14.8 Å². The van der Waals surface area contributed by atoms with E-state index in [1.807, 2.05) is 24.3 Å². The molecule has 2 rings (SSSR count). The maximum atomic E-state index is 12.7. The average molecular weight is 413 g/mol. The van der Waals surface area contributed by atoms with Crippen molar-refractivity contribution in [2.24, 2.45) is 5.92 Å². The molecule has 2 amide bonds. The third kappa shape index (κ3) is 6.77. The van der Waals surface area contributed by atoms with Crippen LogP contribution in [0.2, 0.25) is 0 Å². The van der Waals surface area contributed by atoms with Gasteiger partial charge in [-0.1, -0.05) is 25.6 Å². The number of amides is 2. The molecule has 1 aromatic heterocycles. The molecule has 1 aromatic carbocycles. The first-order chi connectivity index (χ1) is 14.5. The minimum absolute atomic E-state index is 0.0682. The molecular formula is C22H27N3O5. The molecule has 8 heteroatoms. The molecule has 0 saturated carbocycles. The van der Waals surface area contributed by atoms with E-state index in [0.717, 1.165) is 16.7 Å². The smallest absolute Gasteiger partial charge is 0.251 e. The summed E-state index contributed by atoms with van der Waals surface area (Å²) in [5.74, 6) is -1.34. The molecule has 2 aromatic rings. The number of carbonyl (C=O) groups excluding carboxylic acids is 2. The molecule has 0 aliphatic rings. The van der Waals surface area contributed by atoms with Crippen molar-refractivity contribution in [1.82, 2.24) is 15.8 Å². The summed E-state index contributed by atoms with van der Waals surface area (Å²) < 4.78 is 10.2. The zero-order chi connectivity index (χ0) is 21.9. The average Bonchev–Trinajstić information content (AvgIpc) is 2.78. The van der Waals surface area contributed by atoms with Crippen LogP contribution < -0.4 is 10.8 Å². The Morgan fingerprint density at radius 3 is 2.30 bits per heavy atom. The lowest BCUT2D eigenvalue weighted by Gasteiger charge is -2.21. The lowest BCUT2D eigenvalue weighted by Crippen LogP contribution is -2.41. The summed E-state index contributed by atoms with van der Waals surface area (Å²) in [6.45, 7) is 5.99. The predicted molar refractivity (Wildman–Crippen MR) is 112 cm³/mol. The molecule has 3 N–H and O–H groups in total. The van der Waals surface area contributed by atoms with E-state index in [9.17, 15) is 9.59 Å². The Bertz CT molecular complexity index is 840. The summed E-state index contributed by atoms with van der Waals surface area (Å²) >= 11 is 0. The van der Waals surface area contributed by atoms with Crippen LogP contribution in [-0.2, 0) is 14.3 Å². The lowest BCUT2D eigenvalue weighted by molar-refractivity contribution is -0.133. The number of benzene rings is 1. The van der Waals surface area contributed by atoms with E-state index >= 15 is 0 Å². The number of nitrogens with one attached hydrogen (secondary N) is 2.